The average molecular weight is 671 g/mol. The Morgan fingerprint density at radius 2 is 1.52 bits per heavy atom. The number of nitrogens with zero attached hydrogens (tertiary/aromatic N) is 3. The molecule has 2 aromatic rings. The van der Waals surface area contributed by atoms with Gasteiger partial charge in [0.25, 0.3) is 0 Å². The highest BCUT2D eigenvalue weighted by Gasteiger charge is 2.34. The fourth-order valence-electron chi connectivity index (χ4n) is 5.38. The molecule has 0 aliphatic carbocycles. The Morgan fingerprint density at radius 3 is 2.14 bits per heavy atom. The van der Waals surface area contributed by atoms with Crippen molar-refractivity contribution >= 4 is 24.8 Å². The first-order chi connectivity index (χ1) is 19.7. The van der Waals surface area contributed by atoms with E-state index in [4.69, 9.17) is 9.47 Å². The van der Waals surface area contributed by atoms with Gasteiger partial charge in [-0.15, -0.1) is 24.8 Å². The van der Waals surface area contributed by atoms with E-state index < -0.39 is 23.5 Å². The van der Waals surface area contributed by atoms with Crippen LogP contribution in [0.2, 0.25) is 0 Å². The third-order valence-electron chi connectivity index (χ3n) is 7.87. The van der Waals surface area contributed by atoms with Crippen LogP contribution in [0, 0.1) is 11.8 Å². The van der Waals surface area contributed by atoms with Crippen molar-refractivity contribution in [3.05, 3.63) is 64.7 Å². The van der Waals surface area contributed by atoms with Gasteiger partial charge in [-0.2, -0.15) is 26.3 Å². The van der Waals surface area contributed by atoms with Gasteiger partial charge in [0.05, 0.1) is 44.5 Å². The zero-order chi connectivity index (χ0) is 30.5. The van der Waals surface area contributed by atoms with E-state index in [0.717, 1.165) is 36.4 Å². The maximum Gasteiger partial charge on any atom is 0.416 e. The van der Waals surface area contributed by atoms with E-state index >= 15 is 0 Å². The Balaban J connectivity index is 0.00000337. The predicted octanol–water partition coefficient (Wildman–Crippen LogP) is 6.42. The standard InChI is InChI=1S/C31H37F6N3O2.2ClH/c1-29(2)22-42-15-14-40(29)11-5-4-10-38-12-13-39(20-24-16-26(31(35,36)37)19-28(18-24)41-3)27(21-38)17-23-6-8-25(9-7-23)30(32,33)34;;/h6-9,16,18-19,27H,10-15,17,20-22H2,1-3H3;2*1H. The van der Waals surface area contributed by atoms with Crippen molar-refractivity contribution in [2.45, 2.75) is 50.7 Å². The first-order valence-electron chi connectivity index (χ1n) is 13.9. The van der Waals surface area contributed by atoms with E-state index in [9.17, 15) is 26.3 Å². The molecule has 246 valence electrons. The van der Waals surface area contributed by atoms with Gasteiger partial charge in [-0.1, -0.05) is 24.0 Å². The zero-order valence-electron chi connectivity index (χ0n) is 24.9. The molecule has 0 radical (unpaired) electrons. The third-order valence-corrected chi connectivity index (χ3v) is 7.87. The highest BCUT2D eigenvalue weighted by molar-refractivity contribution is 5.85. The molecule has 0 saturated carbocycles. The fraction of sp³-hybridized carbons (Fsp3) is 0.548. The molecule has 0 amide bonds. The summed E-state index contributed by atoms with van der Waals surface area (Å²) in [5.41, 5.74) is -0.406. The van der Waals surface area contributed by atoms with Gasteiger partial charge in [-0.25, -0.2) is 0 Å². The lowest BCUT2D eigenvalue weighted by molar-refractivity contribution is -0.138. The molecule has 0 bridgehead atoms. The van der Waals surface area contributed by atoms with Crippen molar-refractivity contribution < 1.29 is 35.8 Å². The van der Waals surface area contributed by atoms with Crippen LogP contribution < -0.4 is 4.74 Å². The van der Waals surface area contributed by atoms with Crippen molar-refractivity contribution in [3.63, 3.8) is 0 Å². The molecule has 13 heteroatoms. The van der Waals surface area contributed by atoms with Crippen LogP contribution in [0.1, 0.15) is 36.1 Å². The van der Waals surface area contributed by atoms with Gasteiger partial charge < -0.3 is 9.47 Å². The Labute approximate surface area is 267 Å². The Hall–Kier alpha value is -2.20. The first-order valence-corrected chi connectivity index (χ1v) is 13.9. The summed E-state index contributed by atoms with van der Waals surface area (Å²) in [6, 6.07) is 8.62. The van der Waals surface area contributed by atoms with E-state index in [1.54, 1.807) is 6.07 Å². The molecule has 4 rings (SSSR count). The van der Waals surface area contributed by atoms with Crippen LogP contribution in [0.15, 0.2) is 42.5 Å². The van der Waals surface area contributed by atoms with Gasteiger partial charge in [0.1, 0.15) is 5.75 Å². The molecule has 2 aliphatic rings. The summed E-state index contributed by atoms with van der Waals surface area (Å²) in [5, 5.41) is 0. The molecule has 44 heavy (non-hydrogen) atoms. The van der Waals surface area contributed by atoms with E-state index in [1.165, 1.54) is 19.2 Å². The summed E-state index contributed by atoms with van der Waals surface area (Å²) < 4.78 is 90.6. The Morgan fingerprint density at radius 1 is 0.864 bits per heavy atom. The molecular formula is C31H39Cl2F6N3O2. The first kappa shape index (κ1) is 38.0. The normalized spacial score (nSPS) is 19.7. The molecular weight excluding hydrogens is 631 g/mol. The molecule has 0 N–H and O–H groups in total. The summed E-state index contributed by atoms with van der Waals surface area (Å²) in [6.07, 6.45) is -8.50. The number of piperazine rings is 1. The maximum atomic E-state index is 13.5. The second kappa shape index (κ2) is 15.9. The molecule has 0 aromatic heterocycles. The molecule has 0 spiro atoms. The summed E-state index contributed by atoms with van der Waals surface area (Å²) in [6.45, 7) is 9.61. The van der Waals surface area contributed by atoms with E-state index in [1.807, 2.05) is 0 Å². The van der Waals surface area contributed by atoms with Crippen molar-refractivity contribution in [1.82, 2.24) is 14.7 Å². The number of ether oxygens (including phenoxy) is 2. The van der Waals surface area contributed by atoms with Gasteiger partial charge in [0.2, 0.25) is 0 Å². The van der Waals surface area contributed by atoms with Crippen molar-refractivity contribution in [3.8, 4) is 17.6 Å². The minimum Gasteiger partial charge on any atom is -0.497 e. The summed E-state index contributed by atoms with van der Waals surface area (Å²) in [4.78, 5) is 6.57. The van der Waals surface area contributed by atoms with Crippen LogP contribution in [0.3, 0.4) is 0 Å². The third kappa shape index (κ3) is 10.4. The van der Waals surface area contributed by atoms with E-state index in [-0.39, 0.29) is 48.7 Å². The number of halogens is 8. The van der Waals surface area contributed by atoms with E-state index in [2.05, 4.69) is 40.4 Å². The number of hydrogen-bond acceptors (Lipinski definition) is 5. The monoisotopic (exact) mass is 669 g/mol. The van der Waals surface area contributed by atoms with Crippen molar-refractivity contribution in [1.29, 1.82) is 0 Å². The average Bonchev–Trinajstić information content (AvgIpc) is 2.92. The van der Waals surface area contributed by atoms with E-state index in [0.29, 0.717) is 57.9 Å². The number of methoxy groups -OCH3 is 1. The van der Waals surface area contributed by atoms with Crippen molar-refractivity contribution in [2.24, 2.45) is 0 Å². The van der Waals surface area contributed by atoms with Crippen LogP contribution in [-0.4, -0.2) is 85.9 Å². The zero-order valence-corrected chi connectivity index (χ0v) is 26.6. The van der Waals surface area contributed by atoms with Gasteiger partial charge in [0.15, 0.2) is 0 Å². The molecule has 2 saturated heterocycles. The molecule has 1 unspecified atom stereocenters. The topological polar surface area (TPSA) is 28.2 Å². The molecule has 2 aromatic carbocycles. The minimum atomic E-state index is -4.52. The van der Waals surface area contributed by atoms with Gasteiger partial charge in [-0.05, 0) is 61.7 Å². The SMILES string of the molecule is COc1cc(CN2CCN(CC#CCN3CCOCC3(C)C)CC2Cc2ccc(C(F)(F)F)cc2)cc(C(F)(F)F)c1.Cl.Cl. The smallest absolute Gasteiger partial charge is 0.416 e. The summed E-state index contributed by atoms with van der Waals surface area (Å²) in [7, 11) is 1.33. The Bertz CT molecular complexity index is 1260. The van der Waals surface area contributed by atoms with Crippen LogP contribution >= 0.6 is 24.8 Å². The number of alkyl halides is 6. The van der Waals surface area contributed by atoms with Gasteiger partial charge >= 0.3 is 12.4 Å². The largest absolute Gasteiger partial charge is 0.497 e. The lowest BCUT2D eigenvalue weighted by Gasteiger charge is -2.41. The molecule has 2 aliphatic heterocycles. The Kier molecular flexibility index (Phi) is 13.7. The second-order valence-corrected chi connectivity index (χ2v) is 11.5. The van der Waals surface area contributed by atoms with Crippen molar-refractivity contribution in [2.75, 3.05) is 59.6 Å². The molecule has 1 atom stereocenters. The molecule has 5 nitrogen and oxygen atoms in total. The number of benzene rings is 2. The quantitative estimate of drug-likeness (QED) is 0.251. The van der Waals surface area contributed by atoms with Gasteiger partial charge in [0, 0.05) is 44.3 Å². The lowest BCUT2D eigenvalue weighted by Crippen LogP contribution is -2.53. The second-order valence-electron chi connectivity index (χ2n) is 11.5. The predicted molar refractivity (Wildman–Crippen MR) is 163 cm³/mol. The highest BCUT2D eigenvalue weighted by atomic mass is 35.5. The molecule has 2 heterocycles. The van der Waals surface area contributed by atoms with Crippen LogP contribution in [0.25, 0.3) is 0 Å². The van der Waals surface area contributed by atoms with Gasteiger partial charge in [-0.3, -0.25) is 14.7 Å². The molecule has 2 fully saturated rings. The fourth-order valence-corrected chi connectivity index (χ4v) is 5.38. The number of morpholine rings is 1. The van der Waals surface area contributed by atoms with Crippen LogP contribution in [-0.2, 0) is 30.1 Å². The minimum absolute atomic E-state index is 0. The highest BCUT2D eigenvalue weighted by Crippen LogP contribution is 2.34. The van der Waals surface area contributed by atoms with Crippen LogP contribution in [0.4, 0.5) is 26.3 Å². The number of rotatable bonds is 7. The van der Waals surface area contributed by atoms with Crippen LogP contribution in [0.5, 0.6) is 5.75 Å². The number of hydrogen-bond donors (Lipinski definition) is 0. The summed E-state index contributed by atoms with van der Waals surface area (Å²) in [5.74, 6) is 6.65. The summed E-state index contributed by atoms with van der Waals surface area (Å²) >= 11 is 0. The lowest BCUT2D eigenvalue weighted by atomic mass is 9.99. The maximum absolute atomic E-state index is 13.5.